The predicted molar refractivity (Wildman–Crippen MR) is 104 cm³/mol. The molecule has 0 aliphatic heterocycles. The van der Waals surface area contributed by atoms with E-state index in [0.29, 0.717) is 5.95 Å². The molecule has 0 saturated carbocycles. The maximum Gasteiger partial charge on any atom is 0.229 e. The van der Waals surface area contributed by atoms with E-state index in [1.807, 2.05) is 31.2 Å². The Morgan fingerprint density at radius 2 is 1.64 bits per heavy atom. The number of benzene rings is 2. The van der Waals surface area contributed by atoms with Gasteiger partial charge in [-0.3, -0.25) is 0 Å². The maximum atomic E-state index is 4.56. The lowest BCUT2D eigenvalue weighted by atomic mass is 10.1. The lowest BCUT2D eigenvalue weighted by Gasteiger charge is -2.10. The van der Waals surface area contributed by atoms with Gasteiger partial charge in [0.25, 0.3) is 0 Å². The van der Waals surface area contributed by atoms with Crippen LogP contribution in [0.5, 0.6) is 0 Å². The first-order valence-electron chi connectivity index (χ1n) is 8.66. The van der Waals surface area contributed by atoms with Gasteiger partial charge in [-0.1, -0.05) is 48.0 Å². The Balaban J connectivity index is 1.56. The summed E-state index contributed by atoms with van der Waals surface area (Å²) in [6, 6.07) is 20.7. The van der Waals surface area contributed by atoms with Gasteiger partial charge in [0.1, 0.15) is 5.82 Å². The van der Waals surface area contributed by atoms with Crippen molar-refractivity contribution in [1.82, 2.24) is 9.97 Å². The van der Waals surface area contributed by atoms with Gasteiger partial charge >= 0.3 is 0 Å². The van der Waals surface area contributed by atoms with Crippen LogP contribution in [0.3, 0.4) is 0 Å². The molecule has 25 heavy (non-hydrogen) atoms. The number of anilines is 3. The molecule has 0 unspecified atom stereocenters. The molecule has 0 amide bonds. The molecule has 0 radical (unpaired) electrons. The average molecular weight is 332 g/mol. The molecule has 3 rings (SSSR count). The van der Waals surface area contributed by atoms with Crippen molar-refractivity contribution >= 4 is 17.5 Å². The standard InChI is InChI=1S/C21H24N4/c1-16-10-12-19(13-11-16)24-21-23-17(2)15-20(25-21)22-14-6-9-18-7-4-3-5-8-18/h3-5,7-8,10-13,15H,6,9,14H2,1-2H3,(H2,22,23,24,25). The molecule has 0 bridgehead atoms. The topological polar surface area (TPSA) is 49.8 Å². The molecule has 1 aromatic heterocycles. The van der Waals surface area contributed by atoms with Gasteiger partial charge in [0.15, 0.2) is 0 Å². The van der Waals surface area contributed by atoms with Gasteiger partial charge < -0.3 is 10.6 Å². The monoisotopic (exact) mass is 332 g/mol. The third-order valence-electron chi connectivity index (χ3n) is 3.95. The summed E-state index contributed by atoms with van der Waals surface area (Å²) in [5.41, 5.74) is 4.53. The average Bonchev–Trinajstić information content (AvgIpc) is 2.61. The fourth-order valence-electron chi connectivity index (χ4n) is 2.63. The van der Waals surface area contributed by atoms with E-state index >= 15 is 0 Å². The van der Waals surface area contributed by atoms with Crippen molar-refractivity contribution < 1.29 is 0 Å². The molecular weight excluding hydrogens is 308 g/mol. The quantitative estimate of drug-likeness (QED) is 0.605. The van der Waals surface area contributed by atoms with Gasteiger partial charge in [-0.05, 0) is 44.4 Å². The van der Waals surface area contributed by atoms with E-state index in [1.165, 1.54) is 11.1 Å². The van der Waals surface area contributed by atoms with Gasteiger partial charge in [0.2, 0.25) is 5.95 Å². The van der Waals surface area contributed by atoms with Crippen LogP contribution in [-0.2, 0) is 6.42 Å². The van der Waals surface area contributed by atoms with Crippen LogP contribution in [0.4, 0.5) is 17.5 Å². The van der Waals surface area contributed by atoms with Crippen molar-refractivity contribution in [3.8, 4) is 0 Å². The lowest BCUT2D eigenvalue weighted by molar-refractivity contribution is 0.857. The van der Waals surface area contributed by atoms with Gasteiger partial charge in [-0.15, -0.1) is 0 Å². The summed E-state index contributed by atoms with van der Waals surface area (Å²) in [6.07, 6.45) is 2.13. The highest BCUT2D eigenvalue weighted by Gasteiger charge is 2.03. The van der Waals surface area contributed by atoms with E-state index in [1.54, 1.807) is 0 Å². The molecule has 1 heterocycles. The van der Waals surface area contributed by atoms with Crippen LogP contribution in [-0.4, -0.2) is 16.5 Å². The van der Waals surface area contributed by atoms with Crippen molar-refractivity contribution in [2.45, 2.75) is 26.7 Å². The van der Waals surface area contributed by atoms with Crippen molar-refractivity contribution in [2.75, 3.05) is 17.2 Å². The number of aromatic nitrogens is 2. The Hall–Kier alpha value is -2.88. The number of nitrogens with zero attached hydrogens (tertiary/aromatic N) is 2. The fourth-order valence-corrected chi connectivity index (χ4v) is 2.63. The molecule has 2 aromatic carbocycles. The van der Waals surface area contributed by atoms with E-state index in [9.17, 15) is 0 Å². The molecule has 0 atom stereocenters. The van der Waals surface area contributed by atoms with Gasteiger partial charge in [0.05, 0.1) is 0 Å². The molecule has 2 N–H and O–H groups in total. The second-order valence-electron chi connectivity index (χ2n) is 6.23. The highest BCUT2D eigenvalue weighted by molar-refractivity contribution is 5.55. The molecule has 128 valence electrons. The first kappa shape index (κ1) is 17.0. The van der Waals surface area contributed by atoms with Crippen LogP contribution >= 0.6 is 0 Å². The highest BCUT2D eigenvalue weighted by atomic mass is 15.1. The Morgan fingerprint density at radius 1 is 0.880 bits per heavy atom. The largest absolute Gasteiger partial charge is 0.370 e. The number of hydrogen-bond donors (Lipinski definition) is 2. The molecule has 0 spiro atoms. The number of hydrogen-bond acceptors (Lipinski definition) is 4. The maximum absolute atomic E-state index is 4.56. The van der Waals surface area contributed by atoms with Gasteiger partial charge in [0, 0.05) is 24.0 Å². The molecule has 4 nitrogen and oxygen atoms in total. The summed E-state index contributed by atoms with van der Waals surface area (Å²) in [7, 11) is 0. The summed E-state index contributed by atoms with van der Waals surface area (Å²) in [6.45, 7) is 4.94. The Bertz CT molecular complexity index is 798. The zero-order chi connectivity index (χ0) is 17.5. The minimum atomic E-state index is 0.620. The first-order chi connectivity index (χ1) is 12.2. The molecule has 0 aliphatic rings. The molecule has 0 saturated heterocycles. The SMILES string of the molecule is Cc1ccc(Nc2nc(C)cc(NCCCc3ccccc3)n2)cc1. The van der Waals surface area contributed by atoms with Gasteiger partial charge in [-0.2, -0.15) is 4.98 Å². The van der Waals surface area contributed by atoms with Crippen LogP contribution in [0.1, 0.15) is 23.2 Å². The van der Waals surface area contributed by atoms with Crippen LogP contribution in [0, 0.1) is 13.8 Å². The zero-order valence-electron chi connectivity index (χ0n) is 14.8. The smallest absolute Gasteiger partial charge is 0.229 e. The molecule has 3 aromatic rings. The third-order valence-corrected chi connectivity index (χ3v) is 3.95. The van der Waals surface area contributed by atoms with Crippen LogP contribution in [0.25, 0.3) is 0 Å². The minimum absolute atomic E-state index is 0.620. The normalized spacial score (nSPS) is 10.5. The fraction of sp³-hybridized carbons (Fsp3) is 0.238. The van der Waals surface area contributed by atoms with Crippen LogP contribution < -0.4 is 10.6 Å². The predicted octanol–water partition coefficient (Wildman–Crippen LogP) is 4.88. The van der Waals surface area contributed by atoms with E-state index in [-0.39, 0.29) is 0 Å². The number of aryl methyl sites for hydroxylation is 3. The molecule has 4 heteroatoms. The highest BCUT2D eigenvalue weighted by Crippen LogP contribution is 2.16. The molecule has 0 fully saturated rings. The van der Waals surface area contributed by atoms with Crippen molar-refractivity contribution in [1.29, 1.82) is 0 Å². The third kappa shape index (κ3) is 5.31. The molecular formula is C21H24N4. The lowest BCUT2D eigenvalue weighted by Crippen LogP contribution is -2.07. The summed E-state index contributed by atoms with van der Waals surface area (Å²) in [5.74, 6) is 1.48. The number of rotatable bonds is 7. The van der Waals surface area contributed by atoms with E-state index in [0.717, 1.165) is 36.6 Å². The van der Waals surface area contributed by atoms with Crippen molar-refractivity contribution in [3.63, 3.8) is 0 Å². The first-order valence-corrected chi connectivity index (χ1v) is 8.66. The summed E-state index contributed by atoms with van der Waals surface area (Å²) in [5, 5.41) is 6.67. The second-order valence-corrected chi connectivity index (χ2v) is 6.23. The summed E-state index contributed by atoms with van der Waals surface area (Å²) in [4.78, 5) is 9.03. The Morgan fingerprint density at radius 3 is 2.40 bits per heavy atom. The zero-order valence-corrected chi connectivity index (χ0v) is 14.8. The van der Waals surface area contributed by atoms with Gasteiger partial charge in [-0.25, -0.2) is 4.98 Å². The van der Waals surface area contributed by atoms with E-state index in [4.69, 9.17) is 0 Å². The number of nitrogens with one attached hydrogen (secondary N) is 2. The van der Waals surface area contributed by atoms with Crippen LogP contribution in [0.15, 0.2) is 60.7 Å². The molecule has 0 aliphatic carbocycles. The van der Waals surface area contributed by atoms with Crippen molar-refractivity contribution in [3.05, 3.63) is 77.5 Å². The van der Waals surface area contributed by atoms with Crippen LogP contribution in [0.2, 0.25) is 0 Å². The minimum Gasteiger partial charge on any atom is -0.370 e. The van der Waals surface area contributed by atoms with E-state index in [2.05, 4.69) is 63.9 Å². The van der Waals surface area contributed by atoms with Crippen molar-refractivity contribution in [2.24, 2.45) is 0 Å². The van der Waals surface area contributed by atoms with E-state index < -0.39 is 0 Å². The summed E-state index contributed by atoms with van der Waals surface area (Å²) < 4.78 is 0. The Labute approximate surface area is 149 Å². The second kappa shape index (κ2) is 8.29. The summed E-state index contributed by atoms with van der Waals surface area (Å²) >= 11 is 0. The Kier molecular flexibility index (Phi) is 5.62.